The number of methoxy groups -OCH3 is 1. The Hall–Kier alpha value is -2.38. The molecule has 0 unspecified atom stereocenters. The fraction of sp³-hybridized carbons (Fsp3) is 0.235. The number of benzene rings is 2. The Labute approximate surface area is 141 Å². The van der Waals surface area contributed by atoms with Gasteiger partial charge in [0.2, 0.25) is 15.9 Å². The van der Waals surface area contributed by atoms with Crippen LogP contribution in [0.2, 0.25) is 0 Å². The van der Waals surface area contributed by atoms with Crippen molar-refractivity contribution in [3.8, 4) is 5.75 Å². The molecule has 1 saturated heterocycles. The maximum absolute atomic E-state index is 12.5. The second kappa shape index (κ2) is 6.62. The van der Waals surface area contributed by atoms with Crippen LogP contribution in [0.5, 0.6) is 5.75 Å². The van der Waals surface area contributed by atoms with Gasteiger partial charge in [-0.05, 0) is 30.7 Å². The number of nitrogens with one attached hydrogen (secondary N) is 1. The maximum Gasteiger partial charge on any atom is 0.245 e. The summed E-state index contributed by atoms with van der Waals surface area (Å²) in [5.41, 5.74) is 0.769. The number of amides is 1. The van der Waals surface area contributed by atoms with Crippen molar-refractivity contribution in [1.82, 2.24) is 4.72 Å². The van der Waals surface area contributed by atoms with E-state index in [1.807, 2.05) is 30.3 Å². The zero-order valence-electron chi connectivity index (χ0n) is 13.2. The van der Waals surface area contributed by atoms with Crippen LogP contribution in [0.15, 0.2) is 59.5 Å². The van der Waals surface area contributed by atoms with E-state index in [0.717, 1.165) is 5.69 Å². The lowest BCUT2D eigenvalue weighted by Gasteiger charge is -2.17. The molecule has 1 fully saturated rings. The number of para-hydroxylation sites is 1. The minimum absolute atomic E-state index is 0.0767. The van der Waals surface area contributed by atoms with Crippen molar-refractivity contribution in [1.29, 1.82) is 0 Å². The van der Waals surface area contributed by atoms with Crippen LogP contribution < -0.4 is 14.4 Å². The second-order valence-corrected chi connectivity index (χ2v) is 7.18. The third-order valence-electron chi connectivity index (χ3n) is 3.92. The van der Waals surface area contributed by atoms with Crippen LogP contribution in [0, 0.1) is 0 Å². The molecule has 1 aliphatic rings. The molecule has 126 valence electrons. The zero-order valence-corrected chi connectivity index (χ0v) is 14.0. The minimum atomic E-state index is -3.79. The molecule has 1 heterocycles. The largest absolute Gasteiger partial charge is 0.497 e. The lowest BCUT2D eigenvalue weighted by Crippen LogP contribution is -2.41. The van der Waals surface area contributed by atoms with E-state index in [-0.39, 0.29) is 10.8 Å². The number of rotatable bonds is 5. The van der Waals surface area contributed by atoms with Crippen LogP contribution >= 0.6 is 0 Å². The Balaban J connectivity index is 1.77. The van der Waals surface area contributed by atoms with Gasteiger partial charge in [-0.2, -0.15) is 4.72 Å². The molecule has 0 bridgehead atoms. The van der Waals surface area contributed by atoms with Crippen molar-refractivity contribution in [2.45, 2.75) is 17.4 Å². The highest BCUT2D eigenvalue weighted by Crippen LogP contribution is 2.23. The van der Waals surface area contributed by atoms with E-state index in [2.05, 4.69) is 4.72 Å². The van der Waals surface area contributed by atoms with Crippen LogP contribution in [0.25, 0.3) is 0 Å². The summed E-state index contributed by atoms with van der Waals surface area (Å²) in [5, 5.41) is 0. The molecule has 2 aromatic rings. The fourth-order valence-corrected chi connectivity index (χ4v) is 3.94. The van der Waals surface area contributed by atoms with Gasteiger partial charge in [-0.3, -0.25) is 4.79 Å². The Morgan fingerprint density at radius 1 is 1.12 bits per heavy atom. The van der Waals surface area contributed by atoms with Gasteiger partial charge in [-0.25, -0.2) is 8.42 Å². The van der Waals surface area contributed by atoms with E-state index >= 15 is 0 Å². The summed E-state index contributed by atoms with van der Waals surface area (Å²) in [4.78, 5) is 14.2. The summed E-state index contributed by atoms with van der Waals surface area (Å²) >= 11 is 0. The molecular formula is C17H18N2O4S. The molecule has 2 aromatic carbocycles. The first-order valence-electron chi connectivity index (χ1n) is 7.54. The van der Waals surface area contributed by atoms with E-state index in [9.17, 15) is 13.2 Å². The average molecular weight is 346 g/mol. The number of hydrogen-bond acceptors (Lipinski definition) is 4. The third-order valence-corrected chi connectivity index (χ3v) is 5.39. The van der Waals surface area contributed by atoms with E-state index in [4.69, 9.17) is 4.74 Å². The first-order chi connectivity index (χ1) is 11.5. The Bertz CT molecular complexity index is 837. The van der Waals surface area contributed by atoms with Gasteiger partial charge in [0.05, 0.1) is 12.0 Å². The van der Waals surface area contributed by atoms with E-state index in [1.54, 1.807) is 17.0 Å². The minimum Gasteiger partial charge on any atom is -0.497 e. The summed E-state index contributed by atoms with van der Waals surface area (Å²) in [6.07, 6.45) is 0.428. The molecule has 1 aliphatic heterocycles. The van der Waals surface area contributed by atoms with Gasteiger partial charge in [-0.15, -0.1) is 0 Å². The molecule has 0 saturated carbocycles. The number of carbonyl (C=O) groups is 1. The number of nitrogens with zero attached hydrogens (tertiary/aromatic N) is 1. The van der Waals surface area contributed by atoms with Gasteiger partial charge in [-0.1, -0.05) is 24.3 Å². The zero-order chi connectivity index (χ0) is 17.2. The molecule has 0 radical (unpaired) electrons. The number of sulfonamides is 1. The molecule has 0 aliphatic carbocycles. The number of anilines is 1. The number of ether oxygens (including phenoxy) is 1. The Morgan fingerprint density at radius 2 is 1.88 bits per heavy atom. The lowest BCUT2D eigenvalue weighted by atomic mass is 10.3. The molecule has 1 atom stereocenters. The molecule has 1 N–H and O–H groups in total. The molecule has 6 nitrogen and oxygen atoms in total. The molecule has 24 heavy (non-hydrogen) atoms. The van der Waals surface area contributed by atoms with Crippen LogP contribution in [0.4, 0.5) is 5.69 Å². The fourth-order valence-electron chi connectivity index (χ4n) is 2.68. The van der Waals surface area contributed by atoms with Crippen molar-refractivity contribution in [3.05, 3.63) is 54.6 Å². The van der Waals surface area contributed by atoms with Crippen LogP contribution in [-0.2, 0) is 14.8 Å². The van der Waals surface area contributed by atoms with Crippen molar-refractivity contribution in [2.75, 3.05) is 18.6 Å². The average Bonchev–Trinajstić information content (AvgIpc) is 2.96. The van der Waals surface area contributed by atoms with Gasteiger partial charge in [0, 0.05) is 18.3 Å². The normalized spacial score (nSPS) is 18.0. The molecule has 1 amide bonds. The highest BCUT2D eigenvalue weighted by Gasteiger charge is 2.35. The SMILES string of the molecule is COc1cccc(S(=O)(=O)N[C@@H]2CCN(c3ccccc3)C2=O)c1. The van der Waals surface area contributed by atoms with Gasteiger partial charge in [0.25, 0.3) is 0 Å². The topological polar surface area (TPSA) is 75.7 Å². The van der Waals surface area contributed by atoms with E-state index in [0.29, 0.717) is 18.7 Å². The predicted molar refractivity (Wildman–Crippen MR) is 90.5 cm³/mol. The molecular weight excluding hydrogens is 328 g/mol. The van der Waals surface area contributed by atoms with Crippen molar-refractivity contribution in [3.63, 3.8) is 0 Å². The van der Waals surface area contributed by atoms with Gasteiger partial charge < -0.3 is 9.64 Å². The summed E-state index contributed by atoms with van der Waals surface area (Å²) in [7, 11) is -2.32. The highest BCUT2D eigenvalue weighted by atomic mass is 32.2. The van der Waals surface area contributed by atoms with E-state index in [1.165, 1.54) is 19.2 Å². The summed E-state index contributed by atoms with van der Waals surface area (Å²) in [6.45, 7) is 0.480. The monoisotopic (exact) mass is 346 g/mol. The summed E-state index contributed by atoms with van der Waals surface area (Å²) in [6, 6.07) is 14.6. The standard InChI is InChI=1S/C17H18N2O4S/c1-23-14-8-5-9-15(12-14)24(21,22)18-16-10-11-19(17(16)20)13-6-3-2-4-7-13/h2-9,12,16,18H,10-11H2,1H3/t16-/m1/s1. The summed E-state index contributed by atoms with van der Waals surface area (Å²) in [5.74, 6) is 0.203. The first-order valence-corrected chi connectivity index (χ1v) is 9.02. The Kier molecular flexibility index (Phi) is 4.55. The summed E-state index contributed by atoms with van der Waals surface area (Å²) < 4.78 is 32.6. The van der Waals surface area contributed by atoms with Crippen LogP contribution in [0.3, 0.4) is 0 Å². The number of hydrogen-bond donors (Lipinski definition) is 1. The smallest absolute Gasteiger partial charge is 0.245 e. The maximum atomic E-state index is 12.5. The van der Waals surface area contributed by atoms with Gasteiger partial charge >= 0.3 is 0 Å². The van der Waals surface area contributed by atoms with Crippen molar-refractivity contribution < 1.29 is 17.9 Å². The van der Waals surface area contributed by atoms with Crippen molar-refractivity contribution in [2.24, 2.45) is 0 Å². The third kappa shape index (κ3) is 3.27. The lowest BCUT2D eigenvalue weighted by molar-refractivity contribution is -0.118. The number of carbonyl (C=O) groups excluding carboxylic acids is 1. The van der Waals surface area contributed by atoms with Crippen molar-refractivity contribution >= 4 is 21.6 Å². The van der Waals surface area contributed by atoms with Gasteiger partial charge in [0.15, 0.2) is 0 Å². The quantitative estimate of drug-likeness (QED) is 0.895. The second-order valence-electron chi connectivity index (χ2n) is 5.47. The molecule has 3 rings (SSSR count). The predicted octanol–water partition coefficient (Wildman–Crippen LogP) is 1.78. The van der Waals surface area contributed by atoms with Crippen LogP contribution in [0.1, 0.15) is 6.42 Å². The van der Waals surface area contributed by atoms with Gasteiger partial charge in [0.1, 0.15) is 11.8 Å². The van der Waals surface area contributed by atoms with E-state index < -0.39 is 16.1 Å². The Morgan fingerprint density at radius 3 is 2.58 bits per heavy atom. The highest BCUT2D eigenvalue weighted by molar-refractivity contribution is 7.89. The first kappa shape index (κ1) is 16.5. The molecule has 0 spiro atoms. The molecule has 7 heteroatoms. The molecule has 0 aromatic heterocycles. The van der Waals surface area contributed by atoms with Crippen LogP contribution in [-0.4, -0.2) is 34.0 Å².